The zero-order chi connectivity index (χ0) is 21.3. The van der Waals surface area contributed by atoms with Crippen LogP contribution in [-0.2, 0) is 13.1 Å². The van der Waals surface area contributed by atoms with Gasteiger partial charge in [0.1, 0.15) is 5.75 Å². The van der Waals surface area contributed by atoms with Crippen LogP contribution in [-0.4, -0.2) is 23.4 Å². The summed E-state index contributed by atoms with van der Waals surface area (Å²) in [5.74, 6) is -0.839. The number of anilines is 1. The Morgan fingerprint density at radius 3 is 2.70 bits per heavy atom. The Labute approximate surface area is 179 Å². The van der Waals surface area contributed by atoms with Gasteiger partial charge in [-0.25, -0.2) is 8.78 Å². The average Bonchev–Trinajstić information content (AvgIpc) is 3.00. The molecule has 0 bridgehead atoms. The molecular weight excluding hydrogens is 404 g/mol. The molecule has 7 heteroatoms. The maximum absolute atomic E-state index is 13.9. The van der Waals surface area contributed by atoms with Crippen LogP contribution in [0, 0.1) is 18.6 Å². The van der Waals surface area contributed by atoms with E-state index in [4.69, 9.17) is 4.74 Å². The Balaban J connectivity index is 1.68. The molecule has 0 radical (unpaired) electrons. The fraction of sp³-hybridized carbons (Fsp3) is 0.348. The van der Waals surface area contributed by atoms with Crippen LogP contribution in [0.4, 0.5) is 14.5 Å². The highest BCUT2D eigenvalue weighted by atomic mass is 32.2. The number of nitrogens with zero attached hydrogens (tertiary/aromatic N) is 3. The van der Waals surface area contributed by atoms with Crippen LogP contribution < -0.4 is 9.64 Å². The van der Waals surface area contributed by atoms with E-state index in [1.807, 2.05) is 23.7 Å². The third kappa shape index (κ3) is 4.17. The Kier molecular flexibility index (Phi) is 5.99. The molecule has 0 aliphatic carbocycles. The Bertz CT molecular complexity index is 1050. The molecular formula is C23H25F2N3OS. The molecule has 2 heterocycles. The second-order valence-corrected chi connectivity index (χ2v) is 8.66. The number of aryl methyl sites for hydroxylation is 2. The van der Waals surface area contributed by atoms with Crippen molar-refractivity contribution in [3.63, 3.8) is 0 Å². The number of rotatable bonds is 5. The largest absolute Gasteiger partial charge is 0.497 e. The van der Waals surface area contributed by atoms with Gasteiger partial charge in [-0.1, -0.05) is 6.07 Å². The number of methoxy groups -OCH3 is 1. The van der Waals surface area contributed by atoms with Gasteiger partial charge in [0.05, 0.1) is 18.5 Å². The zero-order valence-electron chi connectivity index (χ0n) is 17.4. The van der Waals surface area contributed by atoms with Gasteiger partial charge in [-0.2, -0.15) is 5.10 Å². The summed E-state index contributed by atoms with van der Waals surface area (Å²) in [4.78, 5) is 3.41. The van der Waals surface area contributed by atoms with Crippen LogP contribution in [0.5, 0.6) is 5.75 Å². The monoisotopic (exact) mass is 429 g/mol. The molecule has 4 nitrogen and oxygen atoms in total. The fourth-order valence-electron chi connectivity index (χ4n) is 3.78. The molecule has 0 saturated heterocycles. The maximum Gasteiger partial charge on any atom is 0.159 e. The number of thioether (sulfide) groups is 1. The normalized spacial score (nSPS) is 16.3. The van der Waals surface area contributed by atoms with E-state index in [9.17, 15) is 8.78 Å². The average molecular weight is 430 g/mol. The van der Waals surface area contributed by atoms with Gasteiger partial charge in [-0.15, -0.1) is 11.8 Å². The standard InChI is InChI=1S/C23H25F2N3OS/c1-4-28-14-17(15(2)26-28)13-27-10-9-22(16-5-7-19(24)20(25)11-16)30-23-12-18(29-3)6-8-21(23)27/h5-8,11-12,14,22H,4,9-10,13H2,1-3H3. The van der Waals surface area contributed by atoms with Crippen LogP contribution in [0.2, 0.25) is 0 Å². The van der Waals surface area contributed by atoms with Crippen molar-refractivity contribution in [3.8, 4) is 5.75 Å². The maximum atomic E-state index is 13.9. The molecule has 3 aromatic rings. The van der Waals surface area contributed by atoms with E-state index in [0.717, 1.165) is 53.6 Å². The van der Waals surface area contributed by atoms with E-state index >= 15 is 0 Å². The van der Waals surface area contributed by atoms with Gasteiger partial charge in [0, 0.05) is 41.5 Å². The van der Waals surface area contributed by atoms with Crippen molar-refractivity contribution < 1.29 is 13.5 Å². The minimum absolute atomic E-state index is 0.0235. The summed E-state index contributed by atoms with van der Waals surface area (Å²) in [6, 6.07) is 10.3. The molecule has 1 aromatic heterocycles. The van der Waals surface area contributed by atoms with Crippen molar-refractivity contribution >= 4 is 17.4 Å². The predicted molar refractivity (Wildman–Crippen MR) is 116 cm³/mol. The molecule has 0 fully saturated rings. The van der Waals surface area contributed by atoms with E-state index in [1.54, 1.807) is 24.9 Å². The summed E-state index contributed by atoms with van der Waals surface area (Å²) in [7, 11) is 1.65. The Hall–Kier alpha value is -2.54. The van der Waals surface area contributed by atoms with Crippen molar-refractivity contribution in [3.05, 3.63) is 71.1 Å². The number of benzene rings is 2. The van der Waals surface area contributed by atoms with E-state index in [-0.39, 0.29) is 5.25 Å². The summed E-state index contributed by atoms with van der Waals surface area (Å²) < 4.78 is 34.7. The van der Waals surface area contributed by atoms with Gasteiger partial charge in [0.2, 0.25) is 0 Å². The van der Waals surface area contributed by atoms with Gasteiger partial charge >= 0.3 is 0 Å². The van der Waals surface area contributed by atoms with Gasteiger partial charge in [0.25, 0.3) is 0 Å². The highest BCUT2D eigenvalue weighted by molar-refractivity contribution is 7.99. The first-order valence-corrected chi connectivity index (χ1v) is 10.9. The van der Waals surface area contributed by atoms with Gasteiger partial charge in [-0.05, 0) is 56.2 Å². The van der Waals surface area contributed by atoms with Crippen LogP contribution in [0.3, 0.4) is 0 Å². The van der Waals surface area contributed by atoms with Crippen LogP contribution in [0.15, 0.2) is 47.5 Å². The van der Waals surface area contributed by atoms with Crippen LogP contribution >= 0.6 is 11.8 Å². The molecule has 1 aliphatic heterocycles. The molecule has 0 N–H and O–H groups in total. The highest BCUT2D eigenvalue weighted by Gasteiger charge is 2.25. The summed E-state index contributed by atoms with van der Waals surface area (Å²) >= 11 is 1.67. The second kappa shape index (κ2) is 8.68. The molecule has 30 heavy (non-hydrogen) atoms. The smallest absolute Gasteiger partial charge is 0.159 e. The molecule has 1 aliphatic rings. The first-order valence-electron chi connectivity index (χ1n) is 10.1. The number of fused-ring (bicyclic) bond motifs is 1. The Morgan fingerprint density at radius 1 is 1.17 bits per heavy atom. The van der Waals surface area contributed by atoms with Crippen LogP contribution in [0.25, 0.3) is 0 Å². The number of halogens is 2. The molecule has 1 unspecified atom stereocenters. The SMILES string of the molecule is CCn1cc(CN2CCC(c3ccc(F)c(F)c3)Sc3cc(OC)ccc32)c(C)n1. The topological polar surface area (TPSA) is 30.3 Å². The molecule has 158 valence electrons. The summed E-state index contributed by atoms with van der Waals surface area (Å²) in [5.41, 5.74) is 4.13. The predicted octanol–water partition coefficient (Wildman–Crippen LogP) is 5.74. The molecule has 0 saturated carbocycles. The summed E-state index contributed by atoms with van der Waals surface area (Å²) in [5, 5.41) is 4.59. The minimum atomic E-state index is -0.815. The first-order chi connectivity index (χ1) is 14.5. The van der Waals surface area contributed by atoms with E-state index in [0.29, 0.717) is 0 Å². The third-order valence-corrected chi connectivity index (χ3v) is 6.86. The quantitative estimate of drug-likeness (QED) is 0.517. The third-order valence-electron chi connectivity index (χ3n) is 5.49. The molecule has 0 spiro atoms. The summed E-state index contributed by atoms with van der Waals surface area (Å²) in [6.07, 6.45) is 2.91. The first kappa shape index (κ1) is 20.7. The number of ether oxygens (including phenoxy) is 1. The molecule has 2 aromatic carbocycles. The van der Waals surface area contributed by atoms with Crippen LogP contribution in [0.1, 0.15) is 35.4 Å². The summed E-state index contributed by atoms with van der Waals surface area (Å²) in [6.45, 7) is 6.49. The number of hydrogen-bond donors (Lipinski definition) is 0. The number of hydrogen-bond acceptors (Lipinski definition) is 4. The minimum Gasteiger partial charge on any atom is -0.497 e. The van der Waals surface area contributed by atoms with Gasteiger partial charge in [-0.3, -0.25) is 4.68 Å². The van der Waals surface area contributed by atoms with E-state index in [2.05, 4.69) is 29.2 Å². The molecule has 1 atom stereocenters. The van der Waals surface area contributed by atoms with Crippen molar-refractivity contribution in [2.75, 3.05) is 18.6 Å². The van der Waals surface area contributed by atoms with Gasteiger partial charge in [0.15, 0.2) is 11.6 Å². The van der Waals surface area contributed by atoms with Crippen molar-refractivity contribution in [1.29, 1.82) is 0 Å². The molecule has 4 rings (SSSR count). The lowest BCUT2D eigenvalue weighted by Gasteiger charge is -2.24. The Morgan fingerprint density at radius 2 is 2.00 bits per heavy atom. The molecule has 0 amide bonds. The van der Waals surface area contributed by atoms with Crippen molar-refractivity contribution in [1.82, 2.24) is 9.78 Å². The highest BCUT2D eigenvalue weighted by Crippen LogP contribution is 2.47. The van der Waals surface area contributed by atoms with E-state index in [1.165, 1.54) is 17.7 Å². The van der Waals surface area contributed by atoms with Crippen molar-refractivity contribution in [2.45, 2.75) is 43.5 Å². The number of aromatic nitrogens is 2. The lowest BCUT2D eigenvalue weighted by atomic mass is 10.1. The van der Waals surface area contributed by atoms with Gasteiger partial charge < -0.3 is 9.64 Å². The van der Waals surface area contributed by atoms with Crippen molar-refractivity contribution in [2.24, 2.45) is 0 Å². The van der Waals surface area contributed by atoms with E-state index < -0.39 is 11.6 Å². The second-order valence-electron chi connectivity index (χ2n) is 7.42. The zero-order valence-corrected chi connectivity index (χ0v) is 18.2. The fourth-order valence-corrected chi connectivity index (χ4v) is 5.09. The lowest BCUT2D eigenvalue weighted by molar-refractivity contribution is 0.413. The lowest BCUT2D eigenvalue weighted by Crippen LogP contribution is -2.24.